The van der Waals surface area contributed by atoms with E-state index >= 15 is 0 Å². The van der Waals surface area contributed by atoms with Crippen molar-refractivity contribution in [2.24, 2.45) is 0 Å². The molecule has 0 aliphatic rings. The largest absolute Gasteiger partial charge is 0.655 e. The van der Waals surface area contributed by atoms with Gasteiger partial charge in [-0.05, 0) is 6.04 Å². The zero-order valence-electron chi connectivity index (χ0n) is 18.6. The molecule has 0 unspecified atom stereocenters. The van der Waals surface area contributed by atoms with Gasteiger partial charge in [0.2, 0.25) is 0 Å². The SMILES string of the molecule is CCCCCCCCCCCCCC[SiH2]O[SiH2]O[SiH2]O[Si](O)(O)O[SiH2]O[SiH2]O[SiH3]. The minimum absolute atomic E-state index is 0.489. The van der Waals surface area contributed by atoms with Crippen molar-refractivity contribution in [2.75, 3.05) is 0 Å². The average molecular weight is 537 g/mol. The van der Waals surface area contributed by atoms with Crippen LogP contribution in [0.25, 0.3) is 0 Å². The van der Waals surface area contributed by atoms with Gasteiger partial charge in [0.1, 0.15) is 20.2 Å². The normalized spacial score (nSPS) is 14.2. The Labute approximate surface area is 193 Å². The first-order chi connectivity index (χ1) is 14.1. The molecule has 0 saturated carbocycles. The van der Waals surface area contributed by atoms with Crippen molar-refractivity contribution in [2.45, 2.75) is 90.0 Å². The van der Waals surface area contributed by atoms with Crippen LogP contribution in [-0.4, -0.2) is 78.9 Å². The van der Waals surface area contributed by atoms with Crippen molar-refractivity contribution < 1.29 is 34.3 Å². The van der Waals surface area contributed by atoms with Crippen molar-refractivity contribution in [3.05, 3.63) is 0 Å². The van der Waals surface area contributed by atoms with Gasteiger partial charge in [-0.15, -0.1) is 0 Å². The molecule has 2 N–H and O–H groups in total. The van der Waals surface area contributed by atoms with Crippen LogP contribution in [0.4, 0.5) is 0 Å². The standard InChI is InChI=1S/C14H44O8Si7/c1-2-3-4-5-6-7-8-9-10-11-12-13-14-24-18-26-20-28-22-29(15,16)21-27-19-25-17-23/h15-16H,2-14,24-28H2,1,23H3. The molecule has 0 aliphatic carbocycles. The van der Waals surface area contributed by atoms with E-state index in [4.69, 9.17) is 24.7 Å². The fraction of sp³-hybridized carbons (Fsp3) is 1.00. The van der Waals surface area contributed by atoms with Crippen LogP contribution in [-0.2, 0) is 24.7 Å². The molecule has 0 heterocycles. The van der Waals surface area contributed by atoms with E-state index in [-0.39, 0.29) is 0 Å². The average Bonchev–Trinajstić information content (AvgIpc) is 2.70. The molecule has 0 saturated heterocycles. The van der Waals surface area contributed by atoms with Crippen LogP contribution >= 0.6 is 0 Å². The molecule has 176 valence electrons. The molecule has 0 aromatic heterocycles. The Morgan fingerprint density at radius 2 is 1.14 bits per heavy atom. The summed E-state index contributed by atoms with van der Waals surface area (Å²) in [5, 5.41) is 0. The van der Waals surface area contributed by atoms with Crippen molar-refractivity contribution >= 4 is 69.3 Å². The number of hydrogen-bond acceptors (Lipinski definition) is 8. The van der Waals surface area contributed by atoms with E-state index in [9.17, 15) is 9.59 Å². The molecule has 0 aliphatic heterocycles. The summed E-state index contributed by atoms with van der Waals surface area (Å²) in [6.07, 6.45) is 16.5. The summed E-state index contributed by atoms with van der Waals surface area (Å²) in [6.45, 7) is 2.27. The first kappa shape index (κ1) is 30.2. The maximum absolute atomic E-state index is 9.57. The van der Waals surface area contributed by atoms with Crippen LogP contribution < -0.4 is 0 Å². The molecular formula is C14H44O8Si7. The van der Waals surface area contributed by atoms with Crippen LogP contribution in [0.1, 0.15) is 84.0 Å². The van der Waals surface area contributed by atoms with Crippen LogP contribution in [0, 0.1) is 0 Å². The van der Waals surface area contributed by atoms with Crippen molar-refractivity contribution in [1.82, 2.24) is 0 Å². The minimum atomic E-state index is -4.03. The van der Waals surface area contributed by atoms with Gasteiger partial charge in [-0.3, -0.25) is 0 Å². The number of unbranched alkanes of at least 4 members (excludes halogenated alkanes) is 11. The van der Waals surface area contributed by atoms with E-state index in [1.807, 2.05) is 0 Å². The molecule has 0 spiro atoms. The summed E-state index contributed by atoms with van der Waals surface area (Å²) in [5.41, 5.74) is 0. The van der Waals surface area contributed by atoms with Gasteiger partial charge in [0, 0.05) is 0 Å². The maximum Gasteiger partial charge on any atom is 0.655 e. The van der Waals surface area contributed by atoms with Gasteiger partial charge in [0.15, 0.2) is 0 Å². The van der Waals surface area contributed by atoms with Crippen LogP contribution in [0.15, 0.2) is 0 Å². The summed E-state index contributed by atoms with van der Waals surface area (Å²) in [6, 6.07) is 1.20. The van der Waals surface area contributed by atoms with Crippen molar-refractivity contribution in [1.29, 1.82) is 0 Å². The predicted molar refractivity (Wildman–Crippen MR) is 135 cm³/mol. The third-order valence-corrected chi connectivity index (χ3v) is 14.6. The first-order valence-corrected chi connectivity index (χ1v) is 19.8. The summed E-state index contributed by atoms with van der Waals surface area (Å²) >= 11 is 0. The Morgan fingerprint density at radius 3 is 1.66 bits per heavy atom. The third kappa shape index (κ3) is 25.3. The van der Waals surface area contributed by atoms with Gasteiger partial charge >= 0.3 is 9.05 Å². The van der Waals surface area contributed by atoms with Crippen molar-refractivity contribution in [3.63, 3.8) is 0 Å². The smallest absolute Gasteiger partial charge is 0.449 e. The molecule has 29 heavy (non-hydrogen) atoms. The molecule has 15 heteroatoms. The molecule has 0 radical (unpaired) electrons. The topological polar surface area (TPSA) is 95.8 Å². The lowest BCUT2D eigenvalue weighted by Crippen LogP contribution is -2.46. The van der Waals surface area contributed by atoms with Crippen molar-refractivity contribution in [3.8, 4) is 0 Å². The lowest BCUT2D eigenvalue weighted by molar-refractivity contribution is 0.129. The Morgan fingerprint density at radius 1 is 0.655 bits per heavy atom. The second kappa shape index (κ2) is 23.9. The molecule has 8 nitrogen and oxygen atoms in total. The highest BCUT2D eigenvalue weighted by Crippen LogP contribution is 2.12. The highest BCUT2D eigenvalue weighted by molar-refractivity contribution is 6.62. The molecular weight excluding hydrogens is 493 g/mol. The highest BCUT2D eigenvalue weighted by Gasteiger charge is 2.35. The molecule has 0 aromatic carbocycles. The summed E-state index contributed by atoms with van der Waals surface area (Å²) in [5.74, 6) is 0. The number of hydrogen-bond donors (Lipinski definition) is 2. The zero-order valence-corrected chi connectivity index (χ0v) is 28.6. The molecule has 0 amide bonds. The quantitative estimate of drug-likeness (QED) is 0.108. The fourth-order valence-corrected chi connectivity index (χ4v) is 13.3. The lowest BCUT2D eigenvalue weighted by Gasteiger charge is -2.17. The zero-order chi connectivity index (χ0) is 21.5. The lowest BCUT2D eigenvalue weighted by atomic mass is 10.1. The molecule has 0 rings (SSSR count). The van der Waals surface area contributed by atoms with Crippen LogP contribution in [0.2, 0.25) is 6.04 Å². The van der Waals surface area contributed by atoms with Gasteiger partial charge in [-0.2, -0.15) is 0 Å². The third-order valence-electron chi connectivity index (χ3n) is 4.42. The molecule has 0 atom stereocenters. The van der Waals surface area contributed by atoms with Gasteiger partial charge in [0.25, 0.3) is 40.0 Å². The van der Waals surface area contributed by atoms with Gasteiger partial charge in [0.05, 0.1) is 0 Å². The second-order valence-corrected chi connectivity index (χ2v) is 19.8. The van der Waals surface area contributed by atoms with Gasteiger partial charge < -0.3 is 34.3 Å². The van der Waals surface area contributed by atoms with E-state index < -0.39 is 58.8 Å². The Balaban J connectivity index is 3.18. The fourth-order valence-electron chi connectivity index (χ4n) is 2.77. The highest BCUT2D eigenvalue weighted by atomic mass is 28.5. The molecule has 0 aromatic rings. The maximum atomic E-state index is 9.57. The molecule has 0 bridgehead atoms. The Hall–Kier alpha value is 1.20. The van der Waals surface area contributed by atoms with E-state index in [1.54, 1.807) is 0 Å². The van der Waals surface area contributed by atoms with Gasteiger partial charge in [-0.1, -0.05) is 84.0 Å². The van der Waals surface area contributed by atoms with E-state index in [0.29, 0.717) is 10.5 Å². The van der Waals surface area contributed by atoms with Gasteiger partial charge in [-0.25, -0.2) is 0 Å². The first-order valence-electron chi connectivity index (χ1n) is 11.1. The Bertz CT molecular complexity index is 334. The minimum Gasteiger partial charge on any atom is -0.449 e. The summed E-state index contributed by atoms with van der Waals surface area (Å²) in [4.78, 5) is 19.1. The Kier molecular flexibility index (Phi) is 24.8. The van der Waals surface area contributed by atoms with Crippen LogP contribution in [0.5, 0.6) is 0 Å². The second-order valence-electron chi connectivity index (χ2n) is 7.16. The summed E-state index contributed by atoms with van der Waals surface area (Å²) < 4.78 is 31.0. The van der Waals surface area contributed by atoms with E-state index in [2.05, 4.69) is 6.92 Å². The molecule has 0 fully saturated rings. The number of rotatable bonds is 24. The predicted octanol–water partition coefficient (Wildman–Crippen LogP) is -2.02. The van der Waals surface area contributed by atoms with E-state index in [0.717, 1.165) is 0 Å². The monoisotopic (exact) mass is 536 g/mol. The van der Waals surface area contributed by atoms with Crippen LogP contribution in [0.3, 0.4) is 0 Å². The van der Waals surface area contributed by atoms with E-state index in [1.165, 1.54) is 83.1 Å². The summed E-state index contributed by atoms with van der Waals surface area (Å²) in [7, 11) is -8.77.